The highest BCUT2D eigenvalue weighted by Gasteiger charge is 2.33. The third-order valence-corrected chi connectivity index (χ3v) is 3.95. The maximum Gasteiger partial charge on any atom is 0.414 e. The van der Waals surface area contributed by atoms with Crippen molar-refractivity contribution < 1.29 is 19.0 Å². The average Bonchev–Trinajstić information content (AvgIpc) is 3.36. The molecule has 1 saturated heterocycles. The molecule has 2 N–H and O–H groups in total. The van der Waals surface area contributed by atoms with Gasteiger partial charge in [-0.2, -0.15) is 4.80 Å². The molecule has 26 heavy (non-hydrogen) atoms. The first-order chi connectivity index (χ1) is 12.6. The van der Waals surface area contributed by atoms with Gasteiger partial charge < -0.3 is 14.8 Å². The molecule has 3 heterocycles. The predicted molar refractivity (Wildman–Crippen MR) is 85.3 cm³/mol. The number of rotatable bonds is 5. The molecule has 134 valence electrons. The number of imidazole rings is 1. The summed E-state index contributed by atoms with van der Waals surface area (Å²) in [5, 5.41) is 20.3. The van der Waals surface area contributed by atoms with E-state index in [1.807, 2.05) is 0 Å². The molecule has 11 heteroatoms. The van der Waals surface area contributed by atoms with Crippen molar-refractivity contribution in [2.75, 3.05) is 11.4 Å². The van der Waals surface area contributed by atoms with Crippen LogP contribution in [0, 0.1) is 5.82 Å². The van der Waals surface area contributed by atoms with Crippen LogP contribution in [0.1, 0.15) is 5.69 Å². The van der Waals surface area contributed by atoms with Crippen molar-refractivity contribution in [3.8, 4) is 11.4 Å². The molecule has 0 spiro atoms. The largest absolute Gasteiger partial charge is 0.442 e. The highest BCUT2D eigenvalue weighted by molar-refractivity contribution is 5.90. The Balaban J connectivity index is 1.52. The SMILES string of the molecule is O=C1O[C@@H](Cn2ncnn2)CN1c1ccc(-c2ncc(CO)[nH]2)c(F)c1. The average molecular weight is 359 g/mol. The molecule has 2 aromatic heterocycles. The first-order valence-electron chi connectivity index (χ1n) is 7.77. The number of aliphatic hydroxyl groups is 1. The third-order valence-electron chi connectivity index (χ3n) is 3.95. The molecule has 0 aliphatic carbocycles. The number of carbonyl (C=O) groups excluding carboxylic acids is 1. The van der Waals surface area contributed by atoms with Gasteiger partial charge >= 0.3 is 6.09 Å². The molecule has 0 saturated carbocycles. The maximum absolute atomic E-state index is 14.5. The third kappa shape index (κ3) is 2.99. The Bertz CT molecular complexity index is 927. The summed E-state index contributed by atoms with van der Waals surface area (Å²) in [6, 6.07) is 4.37. The molecule has 1 atom stereocenters. The van der Waals surface area contributed by atoms with Gasteiger partial charge in [-0.15, -0.1) is 10.2 Å². The number of nitrogens with zero attached hydrogens (tertiary/aromatic N) is 6. The zero-order valence-electron chi connectivity index (χ0n) is 13.4. The first kappa shape index (κ1) is 16.1. The molecule has 0 bridgehead atoms. The second-order valence-corrected chi connectivity index (χ2v) is 5.69. The highest BCUT2D eigenvalue weighted by atomic mass is 19.1. The van der Waals surface area contributed by atoms with Crippen molar-refractivity contribution >= 4 is 11.8 Å². The number of H-pyrrole nitrogens is 1. The smallest absolute Gasteiger partial charge is 0.414 e. The minimum Gasteiger partial charge on any atom is -0.442 e. The lowest BCUT2D eigenvalue weighted by molar-refractivity contribution is 0.126. The summed E-state index contributed by atoms with van der Waals surface area (Å²) in [5.41, 5.74) is 1.10. The summed E-state index contributed by atoms with van der Waals surface area (Å²) >= 11 is 0. The fourth-order valence-electron chi connectivity index (χ4n) is 2.72. The zero-order chi connectivity index (χ0) is 18.1. The molecule has 0 unspecified atom stereocenters. The van der Waals surface area contributed by atoms with E-state index in [1.165, 1.54) is 34.4 Å². The number of aromatic amines is 1. The number of amides is 1. The van der Waals surface area contributed by atoms with E-state index in [1.54, 1.807) is 6.07 Å². The number of nitrogens with one attached hydrogen (secondary N) is 1. The van der Waals surface area contributed by atoms with Crippen LogP contribution in [0.4, 0.5) is 14.9 Å². The van der Waals surface area contributed by atoms with Crippen LogP contribution in [0.5, 0.6) is 0 Å². The van der Waals surface area contributed by atoms with Crippen molar-refractivity contribution in [2.24, 2.45) is 0 Å². The minimum absolute atomic E-state index is 0.214. The molecule has 1 aliphatic heterocycles. The predicted octanol–water partition coefficient (Wildman–Crippen LogP) is 0.720. The van der Waals surface area contributed by atoms with Crippen LogP contribution in [0.25, 0.3) is 11.4 Å². The summed E-state index contributed by atoms with van der Waals surface area (Å²) in [5.74, 6) is -0.243. The Morgan fingerprint density at radius 3 is 3.00 bits per heavy atom. The standard InChI is InChI=1S/C15H14FN7O3/c16-13-3-10(1-2-12(13)14-17-4-9(7-24)20-14)22-5-11(26-15(22)25)6-23-19-8-18-21-23/h1-4,8,11,24H,5-7H2,(H,17,20)/t11-/m1/s1. The van der Waals surface area contributed by atoms with Gasteiger partial charge in [0.2, 0.25) is 0 Å². The van der Waals surface area contributed by atoms with Crippen LogP contribution in [-0.2, 0) is 17.9 Å². The lowest BCUT2D eigenvalue weighted by atomic mass is 10.1. The van der Waals surface area contributed by atoms with E-state index in [-0.39, 0.29) is 25.3 Å². The zero-order valence-corrected chi connectivity index (χ0v) is 13.4. The number of aliphatic hydroxyl groups excluding tert-OH is 1. The Kier molecular flexibility index (Phi) is 4.05. The van der Waals surface area contributed by atoms with Gasteiger partial charge in [0.15, 0.2) is 6.33 Å². The van der Waals surface area contributed by atoms with Gasteiger partial charge in [-0.05, 0) is 23.4 Å². The van der Waals surface area contributed by atoms with Gasteiger partial charge in [-0.25, -0.2) is 14.2 Å². The normalized spacial score (nSPS) is 16.9. The lowest BCUT2D eigenvalue weighted by Crippen LogP contribution is -2.26. The molecule has 10 nitrogen and oxygen atoms in total. The molecule has 4 rings (SSSR count). The molecule has 1 fully saturated rings. The van der Waals surface area contributed by atoms with Gasteiger partial charge in [0.1, 0.15) is 24.3 Å². The summed E-state index contributed by atoms with van der Waals surface area (Å²) in [6.45, 7) is 0.294. The van der Waals surface area contributed by atoms with Crippen LogP contribution in [-0.4, -0.2) is 54.0 Å². The summed E-state index contributed by atoms with van der Waals surface area (Å²) in [4.78, 5) is 21.6. The van der Waals surface area contributed by atoms with E-state index in [0.29, 0.717) is 17.2 Å². The molecular formula is C15H14FN7O3. The fourth-order valence-corrected chi connectivity index (χ4v) is 2.72. The van der Waals surface area contributed by atoms with Gasteiger partial charge in [0, 0.05) is 0 Å². The topological polar surface area (TPSA) is 122 Å². The second kappa shape index (κ2) is 6.52. The number of carbonyl (C=O) groups is 1. The van der Waals surface area contributed by atoms with Gasteiger partial charge in [-0.1, -0.05) is 0 Å². The highest BCUT2D eigenvalue weighted by Crippen LogP contribution is 2.28. The monoisotopic (exact) mass is 359 g/mol. The summed E-state index contributed by atoms with van der Waals surface area (Å²) in [6.07, 6.45) is 1.70. The van der Waals surface area contributed by atoms with Crippen molar-refractivity contribution in [3.63, 3.8) is 0 Å². The Hall–Kier alpha value is -3.34. The maximum atomic E-state index is 14.5. The van der Waals surface area contributed by atoms with Crippen LogP contribution >= 0.6 is 0 Å². The second-order valence-electron chi connectivity index (χ2n) is 5.69. The Labute approximate surface area is 146 Å². The number of anilines is 1. The van der Waals surface area contributed by atoms with E-state index in [9.17, 15) is 9.18 Å². The molecule has 1 amide bonds. The lowest BCUT2D eigenvalue weighted by Gasteiger charge is -2.13. The molecule has 1 aliphatic rings. The number of aromatic nitrogens is 6. The van der Waals surface area contributed by atoms with E-state index in [2.05, 4.69) is 25.4 Å². The van der Waals surface area contributed by atoms with E-state index in [0.717, 1.165) is 0 Å². The van der Waals surface area contributed by atoms with Gasteiger partial charge in [0.25, 0.3) is 0 Å². The van der Waals surface area contributed by atoms with Crippen LogP contribution in [0.2, 0.25) is 0 Å². The van der Waals surface area contributed by atoms with Crippen LogP contribution < -0.4 is 4.90 Å². The number of cyclic esters (lactones) is 1. The van der Waals surface area contributed by atoms with Crippen molar-refractivity contribution in [3.05, 3.63) is 42.2 Å². The number of halogens is 1. The van der Waals surface area contributed by atoms with Crippen LogP contribution in [0.15, 0.2) is 30.7 Å². The Morgan fingerprint density at radius 2 is 2.31 bits per heavy atom. The first-order valence-corrected chi connectivity index (χ1v) is 7.77. The summed E-state index contributed by atoms with van der Waals surface area (Å²) in [7, 11) is 0. The Morgan fingerprint density at radius 1 is 1.42 bits per heavy atom. The van der Waals surface area contributed by atoms with Crippen molar-refractivity contribution in [1.82, 2.24) is 30.2 Å². The number of ether oxygens (including phenoxy) is 1. The van der Waals surface area contributed by atoms with Gasteiger partial charge in [-0.3, -0.25) is 4.90 Å². The van der Waals surface area contributed by atoms with E-state index < -0.39 is 18.0 Å². The molecule has 3 aromatic rings. The molecule has 1 aromatic carbocycles. The van der Waals surface area contributed by atoms with Gasteiger partial charge in [0.05, 0.1) is 36.3 Å². The number of benzene rings is 1. The van der Waals surface area contributed by atoms with E-state index >= 15 is 0 Å². The van der Waals surface area contributed by atoms with E-state index in [4.69, 9.17) is 9.84 Å². The molecular weight excluding hydrogens is 345 g/mol. The minimum atomic E-state index is -0.567. The summed E-state index contributed by atoms with van der Waals surface area (Å²) < 4.78 is 19.8. The quantitative estimate of drug-likeness (QED) is 0.688. The molecule has 0 radical (unpaired) electrons. The van der Waals surface area contributed by atoms with Crippen LogP contribution in [0.3, 0.4) is 0 Å². The number of hydrogen-bond acceptors (Lipinski definition) is 7. The number of tetrazole rings is 1. The number of hydrogen-bond donors (Lipinski definition) is 2. The van der Waals surface area contributed by atoms with Crippen molar-refractivity contribution in [2.45, 2.75) is 19.3 Å². The van der Waals surface area contributed by atoms with Crippen molar-refractivity contribution in [1.29, 1.82) is 0 Å². The fraction of sp³-hybridized carbons (Fsp3) is 0.267.